The van der Waals surface area contributed by atoms with Gasteiger partial charge in [-0.1, -0.05) is 23.2 Å². The van der Waals surface area contributed by atoms with Crippen LogP contribution in [0.25, 0.3) is 0 Å². The van der Waals surface area contributed by atoms with Gasteiger partial charge in [0.2, 0.25) is 0 Å². The molecule has 0 N–H and O–H groups in total. The van der Waals surface area contributed by atoms with Crippen LogP contribution in [0.4, 0.5) is 0 Å². The topological polar surface area (TPSA) is 69.7 Å². The fourth-order valence-corrected chi connectivity index (χ4v) is 3.57. The molecular formula is C16H14Cl2O5S. The molecule has 0 bridgehead atoms. The molecule has 5 nitrogen and oxygen atoms in total. The lowest BCUT2D eigenvalue weighted by Gasteiger charge is -2.11. The molecule has 0 unspecified atom stereocenters. The average molecular weight is 389 g/mol. The predicted molar refractivity (Wildman–Crippen MR) is 91.6 cm³/mol. The van der Waals surface area contributed by atoms with Crippen LogP contribution in [0.5, 0.6) is 11.5 Å². The van der Waals surface area contributed by atoms with Crippen molar-refractivity contribution in [3.63, 3.8) is 0 Å². The van der Waals surface area contributed by atoms with Gasteiger partial charge >= 0.3 is 10.1 Å². The first-order valence-corrected chi connectivity index (χ1v) is 9.06. The summed E-state index contributed by atoms with van der Waals surface area (Å²) in [6, 6.07) is 8.75. The number of hydrogen-bond acceptors (Lipinski definition) is 5. The van der Waals surface area contributed by atoms with Crippen molar-refractivity contribution in [1.29, 1.82) is 0 Å². The van der Waals surface area contributed by atoms with Crippen LogP contribution < -0.4 is 8.92 Å². The summed E-state index contributed by atoms with van der Waals surface area (Å²) in [5.41, 5.74) is 0.737. The maximum absolute atomic E-state index is 12.4. The number of hydrogen-bond donors (Lipinski definition) is 0. The first-order valence-electron chi connectivity index (χ1n) is 6.89. The van der Waals surface area contributed by atoms with E-state index in [1.165, 1.54) is 24.3 Å². The molecule has 0 atom stereocenters. The lowest BCUT2D eigenvalue weighted by Crippen LogP contribution is -2.10. The normalized spacial score (nSPS) is 11.1. The molecule has 0 saturated heterocycles. The van der Waals surface area contributed by atoms with Crippen molar-refractivity contribution in [1.82, 2.24) is 0 Å². The second-order valence-electron chi connectivity index (χ2n) is 4.90. The Balaban J connectivity index is 2.29. The highest BCUT2D eigenvalue weighted by Crippen LogP contribution is 2.30. The molecule has 0 aliphatic heterocycles. The first-order chi connectivity index (χ1) is 11.3. The van der Waals surface area contributed by atoms with Gasteiger partial charge in [0.05, 0.1) is 11.6 Å². The molecular weight excluding hydrogens is 375 g/mol. The van der Waals surface area contributed by atoms with Gasteiger partial charge in [0, 0.05) is 17.5 Å². The summed E-state index contributed by atoms with van der Waals surface area (Å²) in [4.78, 5) is 10.1. The third-order valence-electron chi connectivity index (χ3n) is 2.90. The van der Waals surface area contributed by atoms with E-state index in [1.54, 1.807) is 19.1 Å². The largest absolute Gasteiger partial charge is 0.493 e. The molecule has 8 heteroatoms. The van der Waals surface area contributed by atoms with Crippen molar-refractivity contribution in [3.05, 3.63) is 52.0 Å². The van der Waals surface area contributed by atoms with E-state index in [0.29, 0.717) is 5.75 Å². The van der Waals surface area contributed by atoms with Gasteiger partial charge in [-0.3, -0.25) is 0 Å². The van der Waals surface area contributed by atoms with Gasteiger partial charge in [-0.15, -0.1) is 0 Å². The minimum absolute atomic E-state index is 0.00881. The highest BCUT2D eigenvalue weighted by atomic mass is 35.5. The van der Waals surface area contributed by atoms with Gasteiger partial charge in [0.1, 0.15) is 22.7 Å². The zero-order chi connectivity index (χ0) is 17.7. The standard InChI is InChI=1S/C16H14Cl2O5S/c1-11-7-13(22-6-2-5-19)10-14(8-11)23-24(20,21)16-9-12(17)3-4-15(16)18/h3-5,7-10H,2,6H2,1H3. The Morgan fingerprint density at radius 1 is 1.08 bits per heavy atom. The van der Waals surface area contributed by atoms with Crippen molar-refractivity contribution >= 4 is 39.6 Å². The monoisotopic (exact) mass is 388 g/mol. The molecule has 2 aromatic rings. The Morgan fingerprint density at radius 3 is 2.50 bits per heavy atom. The molecule has 24 heavy (non-hydrogen) atoms. The molecule has 0 aliphatic carbocycles. The van der Waals surface area contributed by atoms with E-state index >= 15 is 0 Å². The molecule has 2 aromatic carbocycles. The number of rotatable bonds is 7. The van der Waals surface area contributed by atoms with E-state index in [2.05, 4.69) is 0 Å². The molecule has 0 radical (unpaired) electrons. The summed E-state index contributed by atoms with van der Waals surface area (Å²) in [7, 11) is -4.15. The number of benzene rings is 2. The van der Waals surface area contributed by atoms with Gasteiger partial charge in [0.25, 0.3) is 0 Å². The minimum atomic E-state index is -4.15. The SMILES string of the molecule is Cc1cc(OCCC=O)cc(OS(=O)(=O)c2cc(Cl)ccc2Cl)c1. The number of aryl methyl sites for hydroxylation is 1. The van der Waals surface area contributed by atoms with Crippen LogP contribution in [0.1, 0.15) is 12.0 Å². The summed E-state index contributed by atoms with van der Waals surface area (Å²) >= 11 is 11.7. The third kappa shape index (κ3) is 4.87. The summed E-state index contributed by atoms with van der Waals surface area (Å²) in [5, 5.41) is 0.234. The minimum Gasteiger partial charge on any atom is -0.493 e. The molecule has 0 spiro atoms. The van der Waals surface area contributed by atoms with Crippen LogP contribution in [0.3, 0.4) is 0 Å². The van der Waals surface area contributed by atoms with Crippen LogP contribution in [0, 0.1) is 6.92 Å². The van der Waals surface area contributed by atoms with Crippen molar-refractivity contribution in [2.75, 3.05) is 6.61 Å². The second-order valence-corrected chi connectivity index (χ2v) is 7.26. The quantitative estimate of drug-likeness (QED) is 0.406. The Bertz CT molecular complexity index is 850. The molecule has 0 amide bonds. The molecule has 0 aliphatic rings. The summed E-state index contributed by atoms with van der Waals surface area (Å²) in [6.45, 7) is 1.96. The van der Waals surface area contributed by atoms with E-state index in [-0.39, 0.29) is 33.7 Å². The Kier molecular flexibility index (Phi) is 6.10. The number of ether oxygens (including phenoxy) is 1. The van der Waals surface area contributed by atoms with Crippen molar-refractivity contribution in [2.24, 2.45) is 0 Å². The molecule has 2 rings (SSSR count). The maximum Gasteiger partial charge on any atom is 0.340 e. The van der Waals surface area contributed by atoms with Crippen LogP contribution in [-0.4, -0.2) is 21.3 Å². The van der Waals surface area contributed by atoms with E-state index in [9.17, 15) is 13.2 Å². The number of carbonyl (C=O) groups excluding carboxylic acids is 1. The third-order valence-corrected chi connectivity index (χ3v) is 4.86. The zero-order valence-electron chi connectivity index (χ0n) is 12.7. The van der Waals surface area contributed by atoms with Crippen LogP contribution in [-0.2, 0) is 14.9 Å². The predicted octanol–water partition coefficient (Wildman–Crippen LogP) is 4.04. The van der Waals surface area contributed by atoms with Crippen LogP contribution in [0.15, 0.2) is 41.3 Å². The Hall–Kier alpha value is -1.76. The van der Waals surface area contributed by atoms with Crippen LogP contribution in [0.2, 0.25) is 10.0 Å². The molecule has 0 saturated carbocycles. The number of aldehydes is 1. The highest BCUT2D eigenvalue weighted by Gasteiger charge is 2.21. The lowest BCUT2D eigenvalue weighted by atomic mass is 10.2. The summed E-state index contributed by atoms with van der Waals surface area (Å²) < 4.78 is 35.3. The fraction of sp³-hybridized carbons (Fsp3) is 0.188. The Labute approximate surface area is 150 Å². The highest BCUT2D eigenvalue weighted by molar-refractivity contribution is 7.87. The molecule has 0 heterocycles. The van der Waals surface area contributed by atoms with E-state index in [0.717, 1.165) is 11.8 Å². The van der Waals surface area contributed by atoms with Crippen LogP contribution >= 0.6 is 23.2 Å². The average Bonchev–Trinajstić information content (AvgIpc) is 2.49. The van der Waals surface area contributed by atoms with Gasteiger partial charge < -0.3 is 13.7 Å². The zero-order valence-corrected chi connectivity index (χ0v) is 15.0. The van der Waals surface area contributed by atoms with Crippen molar-refractivity contribution in [3.8, 4) is 11.5 Å². The summed E-state index contributed by atoms with van der Waals surface area (Å²) in [6.07, 6.45) is 0.972. The fourth-order valence-electron chi connectivity index (χ4n) is 1.91. The second kappa shape index (κ2) is 7.88. The molecule has 0 fully saturated rings. The van der Waals surface area contributed by atoms with Gasteiger partial charge in [-0.25, -0.2) is 0 Å². The lowest BCUT2D eigenvalue weighted by molar-refractivity contribution is -0.108. The maximum atomic E-state index is 12.4. The Morgan fingerprint density at radius 2 is 1.79 bits per heavy atom. The number of halogens is 2. The van der Waals surface area contributed by atoms with Crippen molar-refractivity contribution < 1.29 is 22.1 Å². The van der Waals surface area contributed by atoms with Gasteiger partial charge in [-0.2, -0.15) is 8.42 Å². The number of carbonyl (C=O) groups is 1. The van der Waals surface area contributed by atoms with Gasteiger partial charge in [0.15, 0.2) is 0 Å². The molecule has 0 aromatic heterocycles. The molecule has 128 valence electrons. The van der Waals surface area contributed by atoms with E-state index < -0.39 is 10.1 Å². The van der Waals surface area contributed by atoms with Crippen molar-refractivity contribution in [2.45, 2.75) is 18.2 Å². The van der Waals surface area contributed by atoms with E-state index in [4.69, 9.17) is 32.1 Å². The van der Waals surface area contributed by atoms with E-state index in [1.807, 2.05) is 0 Å². The summed E-state index contributed by atoms with van der Waals surface area (Å²) in [5.74, 6) is 0.478. The smallest absolute Gasteiger partial charge is 0.340 e. The van der Waals surface area contributed by atoms with Gasteiger partial charge in [-0.05, 0) is 42.8 Å². The first kappa shape index (κ1) is 18.6.